The lowest BCUT2D eigenvalue weighted by Crippen LogP contribution is -2.24. The zero-order chi connectivity index (χ0) is 13.9. The van der Waals surface area contributed by atoms with Crippen molar-refractivity contribution in [3.8, 4) is 0 Å². The van der Waals surface area contributed by atoms with E-state index in [4.69, 9.17) is 10.5 Å². The summed E-state index contributed by atoms with van der Waals surface area (Å²) in [6, 6.07) is 8.59. The van der Waals surface area contributed by atoms with Crippen LogP contribution in [0.15, 0.2) is 36.8 Å². The Hall–Kier alpha value is -1.65. The van der Waals surface area contributed by atoms with Crippen LogP contribution in [0.1, 0.15) is 29.3 Å². The van der Waals surface area contributed by atoms with E-state index in [9.17, 15) is 0 Å². The van der Waals surface area contributed by atoms with E-state index in [-0.39, 0.29) is 6.04 Å². The molecule has 1 fully saturated rings. The first-order chi connectivity index (χ1) is 9.74. The van der Waals surface area contributed by atoms with Crippen LogP contribution in [0.4, 0.5) is 0 Å². The molecule has 1 aromatic heterocycles. The molecule has 2 atom stereocenters. The van der Waals surface area contributed by atoms with E-state index in [1.165, 1.54) is 11.1 Å². The average Bonchev–Trinajstić information content (AvgIpc) is 3.12. The van der Waals surface area contributed by atoms with E-state index in [2.05, 4.69) is 40.7 Å². The molecule has 0 aliphatic carbocycles. The van der Waals surface area contributed by atoms with Crippen molar-refractivity contribution >= 4 is 0 Å². The largest absolute Gasteiger partial charge is 0.381 e. The van der Waals surface area contributed by atoms with Crippen molar-refractivity contribution in [2.75, 3.05) is 13.2 Å². The molecule has 2 unspecified atom stereocenters. The van der Waals surface area contributed by atoms with E-state index in [1.807, 2.05) is 12.5 Å². The summed E-state index contributed by atoms with van der Waals surface area (Å²) in [4.78, 5) is 4.27. The Balaban J connectivity index is 1.77. The summed E-state index contributed by atoms with van der Waals surface area (Å²) in [6.45, 7) is 4.50. The number of aryl methyl sites for hydroxylation is 1. The highest BCUT2D eigenvalue weighted by Gasteiger charge is 2.26. The number of nitrogens with zero attached hydrogens (tertiary/aromatic N) is 2. The Bertz CT molecular complexity index is 555. The van der Waals surface area contributed by atoms with Crippen molar-refractivity contribution in [1.29, 1.82) is 0 Å². The number of imidazole rings is 1. The fourth-order valence-electron chi connectivity index (χ4n) is 2.71. The van der Waals surface area contributed by atoms with Gasteiger partial charge in [0, 0.05) is 25.3 Å². The lowest BCUT2D eigenvalue weighted by atomic mass is 9.97. The number of ether oxygens (including phenoxy) is 1. The smallest absolute Gasteiger partial charge is 0.0951 e. The molecular formula is C16H21N3O. The van der Waals surface area contributed by atoms with Crippen LogP contribution in [0.5, 0.6) is 0 Å². The minimum atomic E-state index is 0.00504. The molecule has 2 heterocycles. The van der Waals surface area contributed by atoms with Crippen molar-refractivity contribution in [1.82, 2.24) is 9.55 Å². The van der Waals surface area contributed by atoms with Crippen molar-refractivity contribution in [3.63, 3.8) is 0 Å². The fourth-order valence-corrected chi connectivity index (χ4v) is 2.71. The molecule has 1 aliphatic heterocycles. The number of rotatable bonds is 4. The number of benzene rings is 1. The number of aromatic nitrogens is 2. The molecule has 106 valence electrons. The van der Waals surface area contributed by atoms with Gasteiger partial charge in [-0.05, 0) is 18.9 Å². The van der Waals surface area contributed by atoms with Gasteiger partial charge in [-0.1, -0.05) is 29.8 Å². The van der Waals surface area contributed by atoms with Gasteiger partial charge in [-0.2, -0.15) is 0 Å². The van der Waals surface area contributed by atoms with E-state index < -0.39 is 0 Å². The van der Waals surface area contributed by atoms with Crippen LogP contribution >= 0.6 is 0 Å². The van der Waals surface area contributed by atoms with Crippen molar-refractivity contribution in [2.45, 2.75) is 25.9 Å². The van der Waals surface area contributed by atoms with Gasteiger partial charge < -0.3 is 15.0 Å². The Morgan fingerprint density at radius 3 is 2.90 bits per heavy atom. The molecule has 0 amide bonds. The predicted octanol–water partition coefficient (Wildman–Crippen LogP) is 2.28. The molecule has 1 aromatic carbocycles. The topological polar surface area (TPSA) is 53.1 Å². The molecule has 0 saturated carbocycles. The maximum atomic E-state index is 6.38. The summed E-state index contributed by atoms with van der Waals surface area (Å²) < 4.78 is 7.58. The molecule has 20 heavy (non-hydrogen) atoms. The van der Waals surface area contributed by atoms with E-state index in [0.29, 0.717) is 5.92 Å². The molecule has 4 nitrogen and oxygen atoms in total. The van der Waals surface area contributed by atoms with E-state index >= 15 is 0 Å². The third kappa shape index (κ3) is 2.76. The van der Waals surface area contributed by atoms with Gasteiger partial charge >= 0.3 is 0 Å². The van der Waals surface area contributed by atoms with Gasteiger partial charge in [0.2, 0.25) is 0 Å². The second-order valence-corrected chi connectivity index (χ2v) is 5.58. The molecule has 2 aromatic rings. The summed E-state index contributed by atoms with van der Waals surface area (Å²) >= 11 is 0. The third-order valence-electron chi connectivity index (χ3n) is 4.03. The van der Waals surface area contributed by atoms with Crippen LogP contribution in [0.3, 0.4) is 0 Å². The summed E-state index contributed by atoms with van der Waals surface area (Å²) in [5.41, 5.74) is 10.0. The first-order valence-electron chi connectivity index (χ1n) is 7.13. The Morgan fingerprint density at radius 2 is 2.20 bits per heavy atom. The van der Waals surface area contributed by atoms with Gasteiger partial charge in [-0.3, -0.25) is 0 Å². The third-order valence-corrected chi connectivity index (χ3v) is 4.03. The monoisotopic (exact) mass is 271 g/mol. The Labute approximate surface area is 119 Å². The van der Waals surface area contributed by atoms with Gasteiger partial charge in [0.25, 0.3) is 0 Å². The molecule has 2 N–H and O–H groups in total. The molecule has 0 bridgehead atoms. The molecule has 1 saturated heterocycles. The van der Waals surface area contributed by atoms with Crippen LogP contribution < -0.4 is 5.73 Å². The minimum Gasteiger partial charge on any atom is -0.381 e. The number of hydrogen-bond acceptors (Lipinski definition) is 3. The molecular weight excluding hydrogens is 250 g/mol. The van der Waals surface area contributed by atoms with Crippen LogP contribution in [0.2, 0.25) is 0 Å². The molecule has 0 spiro atoms. The van der Waals surface area contributed by atoms with E-state index in [1.54, 1.807) is 0 Å². The average molecular weight is 271 g/mol. The molecule has 0 radical (unpaired) electrons. The SMILES string of the molecule is Cc1ccc(Cn2cncc2C(N)C2CCOC2)cc1. The van der Waals surface area contributed by atoms with Gasteiger partial charge in [-0.15, -0.1) is 0 Å². The first kappa shape index (κ1) is 13.3. The second kappa shape index (κ2) is 5.77. The summed E-state index contributed by atoms with van der Waals surface area (Å²) in [7, 11) is 0. The van der Waals surface area contributed by atoms with Crippen LogP contribution in [-0.4, -0.2) is 22.8 Å². The highest BCUT2D eigenvalue weighted by Crippen LogP contribution is 2.26. The second-order valence-electron chi connectivity index (χ2n) is 5.58. The Kier molecular flexibility index (Phi) is 3.85. The van der Waals surface area contributed by atoms with Crippen LogP contribution in [-0.2, 0) is 11.3 Å². The van der Waals surface area contributed by atoms with Gasteiger partial charge in [0.05, 0.1) is 24.7 Å². The fraction of sp³-hybridized carbons (Fsp3) is 0.438. The first-order valence-corrected chi connectivity index (χ1v) is 7.13. The highest BCUT2D eigenvalue weighted by molar-refractivity contribution is 5.22. The molecule has 4 heteroatoms. The van der Waals surface area contributed by atoms with E-state index in [0.717, 1.165) is 31.9 Å². The van der Waals surface area contributed by atoms with Gasteiger partial charge in [0.15, 0.2) is 0 Å². The normalized spacial score (nSPS) is 20.2. The Morgan fingerprint density at radius 1 is 1.40 bits per heavy atom. The number of hydrogen-bond donors (Lipinski definition) is 1. The minimum absolute atomic E-state index is 0.00504. The quantitative estimate of drug-likeness (QED) is 0.928. The standard InChI is InChI=1S/C16H21N3O/c1-12-2-4-13(5-3-12)9-19-11-18-8-15(19)16(17)14-6-7-20-10-14/h2-5,8,11,14,16H,6-7,9-10,17H2,1H3. The molecule has 3 rings (SSSR count). The summed E-state index contributed by atoms with van der Waals surface area (Å²) in [6.07, 6.45) is 4.79. The highest BCUT2D eigenvalue weighted by atomic mass is 16.5. The lowest BCUT2D eigenvalue weighted by Gasteiger charge is -2.19. The zero-order valence-electron chi connectivity index (χ0n) is 11.8. The molecule has 1 aliphatic rings. The maximum absolute atomic E-state index is 6.38. The van der Waals surface area contributed by atoms with Gasteiger partial charge in [-0.25, -0.2) is 4.98 Å². The number of nitrogens with two attached hydrogens (primary N) is 1. The van der Waals surface area contributed by atoms with Crippen molar-refractivity contribution in [2.24, 2.45) is 11.7 Å². The predicted molar refractivity (Wildman–Crippen MR) is 78.4 cm³/mol. The maximum Gasteiger partial charge on any atom is 0.0951 e. The lowest BCUT2D eigenvalue weighted by molar-refractivity contribution is 0.180. The van der Waals surface area contributed by atoms with Crippen molar-refractivity contribution in [3.05, 3.63) is 53.6 Å². The van der Waals surface area contributed by atoms with Crippen LogP contribution in [0.25, 0.3) is 0 Å². The van der Waals surface area contributed by atoms with Gasteiger partial charge in [0.1, 0.15) is 0 Å². The van der Waals surface area contributed by atoms with Crippen molar-refractivity contribution < 1.29 is 4.74 Å². The van der Waals surface area contributed by atoms with Crippen LogP contribution in [0, 0.1) is 12.8 Å². The summed E-state index contributed by atoms with van der Waals surface area (Å²) in [5.74, 6) is 0.406. The zero-order valence-corrected chi connectivity index (χ0v) is 11.8. The summed E-state index contributed by atoms with van der Waals surface area (Å²) in [5, 5.41) is 0.